The quantitative estimate of drug-likeness (QED) is 0.820. The minimum atomic E-state index is -0.300. The van der Waals surface area contributed by atoms with Gasteiger partial charge >= 0.3 is 6.03 Å². The van der Waals surface area contributed by atoms with Crippen molar-refractivity contribution in [2.75, 3.05) is 25.4 Å². The summed E-state index contributed by atoms with van der Waals surface area (Å²) in [6, 6.07) is -0.300. The molecule has 1 N–H and O–H groups in total. The number of imide groups is 1. The first-order valence-corrected chi connectivity index (χ1v) is 8.91. The van der Waals surface area contributed by atoms with Crippen molar-refractivity contribution >= 4 is 23.7 Å². The molecule has 1 aromatic heterocycles. The van der Waals surface area contributed by atoms with Gasteiger partial charge in [-0.15, -0.1) is 0 Å². The van der Waals surface area contributed by atoms with Crippen LogP contribution in [0.25, 0.3) is 0 Å². The van der Waals surface area contributed by atoms with Crippen molar-refractivity contribution in [1.29, 1.82) is 0 Å². The molecule has 0 aliphatic carbocycles. The maximum atomic E-state index is 12.2. The fourth-order valence-corrected chi connectivity index (χ4v) is 3.83. The van der Waals surface area contributed by atoms with Gasteiger partial charge in [0.25, 0.3) is 0 Å². The van der Waals surface area contributed by atoms with Crippen LogP contribution in [0.5, 0.6) is 0 Å². The van der Waals surface area contributed by atoms with Crippen molar-refractivity contribution in [2.24, 2.45) is 0 Å². The van der Waals surface area contributed by atoms with E-state index in [9.17, 15) is 9.59 Å². The summed E-state index contributed by atoms with van der Waals surface area (Å²) in [5, 5.41) is 3.46. The number of aromatic nitrogens is 2. The SMILES string of the molecule is Cc1nc(SCC(=O)N2CCNC2=O)n(C[C@@H]2CCCO2)c1C. The zero-order chi connectivity index (χ0) is 16.4. The van der Waals surface area contributed by atoms with Crippen LogP contribution in [-0.4, -0.2) is 57.9 Å². The van der Waals surface area contributed by atoms with Crippen LogP contribution in [0, 0.1) is 13.8 Å². The molecule has 126 valence electrons. The van der Waals surface area contributed by atoms with Crippen molar-refractivity contribution < 1.29 is 14.3 Å². The molecule has 3 heterocycles. The van der Waals surface area contributed by atoms with E-state index in [1.807, 2.05) is 13.8 Å². The molecule has 0 unspecified atom stereocenters. The Morgan fingerprint density at radius 1 is 1.48 bits per heavy atom. The summed E-state index contributed by atoms with van der Waals surface area (Å²) in [5.41, 5.74) is 2.08. The van der Waals surface area contributed by atoms with Crippen molar-refractivity contribution in [2.45, 2.75) is 44.5 Å². The normalized spacial score (nSPS) is 21.0. The Bertz CT molecular complexity index is 610. The number of nitrogens with one attached hydrogen (secondary N) is 1. The first kappa shape index (κ1) is 16.3. The van der Waals surface area contributed by atoms with E-state index in [0.717, 1.165) is 42.5 Å². The molecule has 8 heteroatoms. The number of hydrogen-bond donors (Lipinski definition) is 1. The van der Waals surface area contributed by atoms with Gasteiger partial charge in [0.2, 0.25) is 5.91 Å². The molecule has 0 saturated carbocycles. The molecule has 2 aliphatic rings. The standard InChI is InChI=1S/C15H22N4O3S/c1-10-11(2)19(8-12-4-3-7-22-12)15(17-10)23-9-13(20)18-6-5-16-14(18)21/h12H,3-9H2,1-2H3,(H,16,21)/t12-/m0/s1. The maximum absolute atomic E-state index is 12.2. The van der Waals surface area contributed by atoms with E-state index in [-0.39, 0.29) is 23.8 Å². The first-order valence-electron chi connectivity index (χ1n) is 7.92. The Labute approximate surface area is 139 Å². The summed E-state index contributed by atoms with van der Waals surface area (Å²) in [5.74, 6) is 0.0430. The summed E-state index contributed by atoms with van der Waals surface area (Å²) >= 11 is 1.39. The van der Waals surface area contributed by atoms with E-state index in [1.54, 1.807) is 0 Å². The van der Waals surface area contributed by atoms with Crippen LogP contribution < -0.4 is 5.32 Å². The van der Waals surface area contributed by atoms with Gasteiger partial charge in [0.05, 0.1) is 24.1 Å². The number of urea groups is 1. The van der Waals surface area contributed by atoms with Crippen molar-refractivity contribution in [3.63, 3.8) is 0 Å². The topological polar surface area (TPSA) is 76.5 Å². The highest BCUT2D eigenvalue weighted by atomic mass is 32.2. The van der Waals surface area contributed by atoms with Gasteiger partial charge in [-0.25, -0.2) is 9.78 Å². The van der Waals surface area contributed by atoms with Crippen LogP contribution in [0.4, 0.5) is 4.79 Å². The smallest absolute Gasteiger partial charge is 0.324 e. The fourth-order valence-electron chi connectivity index (χ4n) is 2.85. The molecule has 0 aromatic carbocycles. The van der Waals surface area contributed by atoms with E-state index >= 15 is 0 Å². The maximum Gasteiger partial charge on any atom is 0.324 e. The molecule has 1 atom stereocenters. The highest BCUT2D eigenvalue weighted by Gasteiger charge is 2.27. The summed E-state index contributed by atoms with van der Waals surface area (Å²) in [6.07, 6.45) is 2.39. The van der Waals surface area contributed by atoms with Gasteiger partial charge in [0, 0.05) is 25.4 Å². The Morgan fingerprint density at radius 2 is 2.30 bits per heavy atom. The number of carbonyl (C=O) groups is 2. The highest BCUT2D eigenvalue weighted by Crippen LogP contribution is 2.24. The average molecular weight is 338 g/mol. The Morgan fingerprint density at radius 3 is 2.96 bits per heavy atom. The molecule has 23 heavy (non-hydrogen) atoms. The summed E-state index contributed by atoms with van der Waals surface area (Å²) in [7, 11) is 0. The molecule has 3 rings (SSSR count). The zero-order valence-corrected chi connectivity index (χ0v) is 14.3. The number of hydrogen-bond acceptors (Lipinski definition) is 5. The summed E-state index contributed by atoms with van der Waals surface area (Å²) in [4.78, 5) is 29.5. The highest BCUT2D eigenvalue weighted by molar-refractivity contribution is 7.99. The number of ether oxygens (including phenoxy) is 1. The van der Waals surface area contributed by atoms with Crippen molar-refractivity contribution in [3.05, 3.63) is 11.4 Å². The monoisotopic (exact) mass is 338 g/mol. The summed E-state index contributed by atoms with van der Waals surface area (Å²) < 4.78 is 7.84. The van der Waals surface area contributed by atoms with Crippen LogP contribution >= 0.6 is 11.8 Å². The number of aryl methyl sites for hydroxylation is 1. The number of carbonyl (C=O) groups excluding carboxylic acids is 2. The lowest BCUT2D eigenvalue weighted by Gasteiger charge is -2.15. The van der Waals surface area contributed by atoms with Crippen LogP contribution in [-0.2, 0) is 16.1 Å². The van der Waals surface area contributed by atoms with E-state index in [2.05, 4.69) is 14.9 Å². The number of imidazole rings is 1. The number of thioether (sulfide) groups is 1. The zero-order valence-electron chi connectivity index (χ0n) is 13.5. The van der Waals surface area contributed by atoms with Crippen LogP contribution in [0.3, 0.4) is 0 Å². The lowest BCUT2D eigenvalue weighted by molar-refractivity contribution is -0.124. The molecule has 7 nitrogen and oxygen atoms in total. The Balaban J connectivity index is 1.66. The lowest BCUT2D eigenvalue weighted by atomic mass is 10.2. The second kappa shape index (κ2) is 6.92. The van der Waals surface area contributed by atoms with Gasteiger partial charge in [-0.1, -0.05) is 11.8 Å². The predicted octanol–water partition coefficient (Wildman–Crippen LogP) is 1.32. The molecule has 1 aromatic rings. The Kier molecular flexibility index (Phi) is 4.91. The molecule has 0 spiro atoms. The van der Waals surface area contributed by atoms with E-state index in [1.165, 1.54) is 16.7 Å². The Hall–Kier alpha value is -1.54. The van der Waals surface area contributed by atoms with Crippen molar-refractivity contribution in [1.82, 2.24) is 19.8 Å². The predicted molar refractivity (Wildman–Crippen MR) is 86.5 cm³/mol. The molecular weight excluding hydrogens is 316 g/mol. The van der Waals surface area contributed by atoms with Crippen LogP contribution in [0.1, 0.15) is 24.2 Å². The minimum absolute atomic E-state index is 0.174. The molecule has 0 bridgehead atoms. The average Bonchev–Trinajstić information content (AvgIpc) is 3.23. The van der Waals surface area contributed by atoms with Crippen LogP contribution in [0.2, 0.25) is 0 Å². The lowest BCUT2D eigenvalue weighted by Crippen LogP contribution is -2.35. The second-order valence-electron chi connectivity index (χ2n) is 5.88. The van der Waals surface area contributed by atoms with E-state index < -0.39 is 0 Å². The number of amides is 3. The largest absolute Gasteiger partial charge is 0.376 e. The first-order chi connectivity index (χ1) is 11.1. The minimum Gasteiger partial charge on any atom is -0.376 e. The number of nitrogens with zero attached hydrogens (tertiary/aromatic N) is 3. The molecule has 2 aliphatic heterocycles. The third-order valence-corrected chi connectivity index (χ3v) is 5.28. The van der Waals surface area contributed by atoms with Crippen LogP contribution in [0.15, 0.2) is 5.16 Å². The van der Waals surface area contributed by atoms with E-state index in [4.69, 9.17) is 4.74 Å². The molecule has 3 amide bonds. The van der Waals surface area contributed by atoms with Crippen molar-refractivity contribution in [3.8, 4) is 0 Å². The molecule has 2 fully saturated rings. The van der Waals surface area contributed by atoms with Gasteiger partial charge < -0.3 is 14.6 Å². The molecular formula is C15H22N4O3S. The number of rotatable bonds is 5. The van der Waals surface area contributed by atoms with Gasteiger partial charge in [0.1, 0.15) is 0 Å². The van der Waals surface area contributed by atoms with Gasteiger partial charge in [-0.05, 0) is 26.7 Å². The van der Waals surface area contributed by atoms with Gasteiger partial charge in [0.15, 0.2) is 5.16 Å². The third kappa shape index (κ3) is 3.53. The molecule has 2 saturated heterocycles. The fraction of sp³-hybridized carbons (Fsp3) is 0.667. The van der Waals surface area contributed by atoms with E-state index in [0.29, 0.717) is 13.1 Å². The third-order valence-electron chi connectivity index (χ3n) is 4.32. The summed E-state index contributed by atoms with van der Waals surface area (Å²) in [6.45, 7) is 6.58. The van der Waals surface area contributed by atoms with Gasteiger partial charge in [-0.3, -0.25) is 9.69 Å². The van der Waals surface area contributed by atoms with Gasteiger partial charge in [-0.2, -0.15) is 0 Å². The molecule has 0 radical (unpaired) electrons. The second-order valence-corrected chi connectivity index (χ2v) is 6.82.